The predicted octanol–water partition coefficient (Wildman–Crippen LogP) is 4.04. The lowest BCUT2D eigenvalue weighted by Gasteiger charge is -2.07. The summed E-state index contributed by atoms with van der Waals surface area (Å²) in [7, 11) is 0. The van der Waals surface area contributed by atoms with Gasteiger partial charge in [-0.05, 0) is 47.2 Å². The maximum Gasteiger partial charge on any atom is 0.252 e. The summed E-state index contributed by atoms with van der Waals surface area (Å²) in [6, 6.07) is 16.5. The van der Waals surface area contributed by atoms with Crippen LogP contribution < -0.4 is 5.32 Å². The van der Waals surface area contributed by atoms with E-state index in [-0.39, 0.29) is 5.91 Å². The van der Waals surface area contributed by atoms with Crippen LogP contribution in [-0.4, -0.2) is 17.4 Å². The molecule has 1 heterocycles. The molecule has 1 fully saturated rings. The Bertz CT molecular complexity index is 868. The summed E-state index contributed by atoms with van der Waals surface area (Å²) in [6.07, 6.45) is 5.90. The van der Waals surface area contributed by atoms with Crippen molar-refractivity contribution in [2.24, 2.45) is 5.92 Å². The molecule has 0 aliphatic heterocycles. The number of fused-ring (bicyclic) bond motifs is 1. The number of hydrogen-bond acceptors (Lipinski definition) is 2. The Morgan fingerprint density at radius 1 is 1.00 bits per heavy atom. The molecule has 23 heavy (non-hydrogen) atoms. The average molecular weight is 302 g/mol. The van der Waals surface area contributed by atoms with Crippen molar-refractivity contribution in [3.63, 3.8) is 0 Å². The van der Waals surface area contributed by atoms with Crippen molar-refractivity contribution >= 4 is 16.7 Å². The number of amides is 1. The molecular weight excluding hydrogens is 284 g/mol. The number of nitrogens with zero attached hydrogens (tertiary/aromatic N) is 1. The number of benzene rings is 2. The average Bonchev–Trinajstić information content (AvgIpc) is 3.44. The molecule has 3 heteroatoms. The van der Waals surface area contributed by atoms with Crippen molar-refractivity contribution in [3.8, 4) is 11.1 Å². The van der Waals surface area contributed by atoms with Crippen LogP contribution in [0.1, 0.15) is 23.2 Å². The summed E-state index contributed by atoms with van der Waals surface area (Å²) in [4.78, 5) is 16.5. The van der Waals surface area contributed by atoms with Crippen LogP contribution in [0.3, 0.4) is 0 Å². The van der Waals surface area contributed by atoms with Crippen LogP contribution in [-0.2, 0) is 0 Å². The first kappa shape index (κ1) is 13.9. The summed E-state index contributed by atoms with van der Waals surface area (Å²) in [6.45, 7) is 0.777. The third kappa shape index (κ3) is 3.09. The van der Waals surface area contributed by atoms with Gasteiger partial charge in [-0.15, -0.1) is 0 Å². The van der Waals surface area contributed by atoms with Crippen LogP contribution in [0, 0.1) is 5.92 Å². The van der Waals surface area contributed by atoms with Crippen LogP contribution in [0.25, 0.3) is 21.9 Å². The molecule has 0 spiro atoms. The summed E-state index contributed by atoms with van der Waals surface area (Å²) >= 11 is 0. The second-order valence-corrected chi connectivity index (χ2v) is 6.18. The minimum Gasteiger partial charge on any atom is -0.352 e. The van der Waals surface area contributed by atoms with E-state index in [1.807, 2.05) is 24.4 Å². The molecule has 1 amide bonds. The Labute approximate surface area is 135 Å². The van der Waals surface area contributed by atoms with Crippen LogP contribution in [0.2, 0.25) is 0 Å². The zero-order chi connectivity index (χ0) is 15.6. The molecule has 4 rings (SSSR count). The lowest BCUT2D eigenvalue weighted by molar-refractivity contribution is 0.0951. The largest absolute Gasteiger partial charge is 0.352 e. The quantitative estimate of drug-likeness (QED) is 0.790. The molecule has 114 valence electrons. The van der Waals surface area contributed by atoms with Gasteiger partial charge in [0.25, 0.3) is 5.91 Å². The molecule has 1 aliphatic rings. The van der Waals surface area contributed by atoms with Crippen LogP contribution in [0.15, 0.2) is 60.9 Å². The van der Waals surface area contributed by atoms with Crippen LogP contribution in [0.5, 0.6) is 0 Å². The fraction of sp³-hybridized carbons (Fsp3) is 0.200. The van der Waals surface area contributed by atoms with Gasteiger partial charge in [0.15, 0.2) is 0 Å². The lowest BCUT2D eigenvalue weighted by Crippen LogP contribution is -2.25. The lowest BCUT2D eigenvalue weighted by atomic mass is 10.0. The van der Waals surface area contributed by atoms with Gasteiger partial charge in [0.05, 0.1) is 5.56 Å². The molecule has 0 unspecified atom stereocenters. The zero-order valence-electron chi connectivity index (χ0n) is 12.8. The van der Waals surface area contributed by atoms with Crippen LogP contribution >= 0.6 is 0 Å². The fourth-order valence-corrected chi connectivity index (χ4v) is 2.75. The molecule has 0 atom stereocenters. The Morgan fingerprint density at radius 2 is 1.83 bits per heavy atom. The van der Waals surface area contributed by atoms with Gasteiger partial charge < -0.3 is 5.32 Å². The maximum absolute atomic E-state index is 12.2. The first-order valence-corrected chi connectivity index (χ1v) is 8.02. The van der Waals surface area contributed by atoms with E-state index in [2.05, 4.69) is 40.6 Å². The highest BCUT2D eigenvalue weighted by Gasteiger charge is 2.22. The van der Waals surface area contributed by atoms with Crippen molar-refractivity contribution < 1.29 is 4.79 Å². The summed E-state index contributed by atoms with van der Waals surface area (Å²) in [5, 5.41) is 5.39. The highest BCUT2D eigenvalue weighted by molar-refractivity contribution is 5.95. The van der Waals surface area contributed by atoms with Crippen molar-refractivity contribution in [3.05, 3.63) is 66.5 Å². The molecule has 0 saturated heterocycles. The van der Waals surface area contributed by atoms with E-state index < -0.39 is 0 Å². The first-order valence-electron chi connectivity index (χ1n) is 8.02. The van der Waals surface area contributed by atoms with Crippen LogP contribution in [0.4, 0.5) is 0 Å². The van der Waals surface area contributed by atoms with Crippen molar-refractivity contribution in [2.75, 3.05) is 6.54 Å². The minimum absolute atomic E-state index is 0.0351. The molecule has 3 nitrogen and oxygen atoms in total. The number of aromatic nitrogens is 1. The van der Waals surface area contributed by atoms with Gasteiger partial charge in [0.1, 0.15) is 0 Å². The van der Waals surface area contributed by atoms with E-state index in [0.29, 0.717) is 11.5 Å². The molecule has 1 saturated carbocycles. The van der Waals surface area contributed by atoms with Gasteiger partial charge in [0, 0.05) is 24.5 Å². The van der Waals surface area contributed by atoms with Crippen molar-refractivity contribution in [1.82, 2.24) is 10.3 Å². The standard InChI is InChI=1S/C20H18N2O/c23-20(22-11-14-5-6-14)19-10-18(12-21-13-19)17-8-7-15-3-1-2-4-16(15)9-17/h1-4,7-10,12-14H,5-6,11H2,(H,22,23). The topological polar surface area (TPSA) is 42.0 Å². The first-order chi connectivity index (χ1) is 11.3. The summed E-state index contributed by atoms with van der Waals surface area (Å²) in [5.41, 5.74) is 2.67. The summed E-state index contributed by atoms with van der Waals surface area (Å²) in [5.74, 6) is 0.641. The Morgan fingerprint density at radius 3 is 2.65 bits per heavy atom. The van der Waals surface area contributed by atoms with E-state index in [9.17, 15) is 4.79 Å². The van der Waals surface area contributed by atoms with Crippen molar-refractivity contribution in [1.29, 1.82) is 0 Å². The van der Waals surface area contributed by atoms with E-state index in [4.69, 9.17) is 0 Å². The third-order valence-electron chi connectivity index (χ3n) is 4.33. The molecule has 1 aliphatic carbocycles. The normalized spacial score (nSPS) is 13.9. The molecule has 1 aromatic heterocycles. The number of nitrogens with one attached hydrogen (secondary N) is 1. The smallest absolute Gasteiger partial charge is 0.252 e. The second kappa shape index (κ2) is 5.84. The van der Waals surface area contributed by atoms with Gasteiger partial charge in [-0.25, -0.2) is 0 Å². The monoisotopic (exact) mass is 302 g/mol. The van der Waals surface area contributed by atoms with Gasteiger partial charge in [-0.2, -0.15) is 0 Å². The molecular formula is C20H18N2O. The number of rotatable bonds is 4. The number of carbonyl (C=O) groups is 1. The molecule has 1 N–H and O–H groups in total. The minimum atomic E-state index is -0.0351. The van der Waals surface area contributed by atoms with Gasteiger partial charge in [-0.3, -0.25) is 9.78 Å². The molecule has 2 aromatic carbocycles. The van der Waals surface area contributed by atoms with Gasteiger partial charge in [0.2, 0.25) is 0 Å². The van der Waals surface area contributed by atoms with Gasteiger partial charge >= 0.3 is 0 Å². The zero-order valence-corrected chi connectivity index (χ0v) is 12.8. The number of carbonyl (C=O) groups excluding carboxylic acids is 1. The highest BCUT2D eigenvalue weighted by Crippen LogP contribution is 2.28. The van der Waals surface area contributed by atoms with E-state index in [1.54, 1.807) is 6.20 Å². The summed E-state index contributed by atoms with van der Waals surface area (Å²) < 4.78 is 0. The van der Waals surface area contributed by atoms with E-state index >= 15 is 0 Å². The Hall–Kier alpha value is -2.68. The fourth-order valence-electron chi connectivity index (χ4n) is 2.75. The highest BCUT2D eigenvalue weighted by atomic mass is 16.1. The molecule has 0 bridgehead atoms. The SMILES string of the molecule is O=C(NCC1CC1)c1cncc(-c2ccc3ccccc3c2)c1. The number of hydrogen-bond donors (Lipinski definition) is 1. The third-order valence-corrected chi connectivity index (χ3v) is 4.33. The Kier molecular flexibility index (Phi) is 3.54. The maximum atomic E-state index is 12.2. The number of pyridine rings is 1. The Balaban J connectivity index is 1.62. The van der Waals surface area contributed by atoms with E-state index in [1.165, 1.54) is 23.6 Å². The van der Waals surface area contributed by atoms with E-state index in [0.717, 1.165) is 17.7 Å². The predicted molar refractivity (Wildman–Crippen MR) is 92.2 cm³/mol. The second-order valence-electron chi connectivity index (χ2n) is 6.18. The molecule has 0 radical (unpaired) electrons. The van der Waals surface area contributed by atoms with Crippen molar-refractivity contribution in [2.45, 2.75) is 12.8 Å². The molecule has 3 aromatic rings. The van der Waals surface area contributed by atoms with Gasteiger partial charge in [-0.1, -0.05) is 36.4 Å².